The van der Waals surface area contributed by atoms with E-state index < -0.39 is 0 Å². The van der Waals surface area contributed by atoms with E-state index in [-0.39, 0.29) is 11.5 Å². The minimum Gasteiger partial charge on any atom is -0.310 e. The third-order valence-electron chi connectivity index (χ3n) is 7.34. The summed E-state index contributed by atoms with van der Waals surface area (Å²) < 4.78 is 4.01. The Bertz CT molecular complexity index is 1300. The maximum Gasteiger partial charge on any atom is 0.262 e. The summed E-state index contributed by atoms with van der Waals surface area (Å²) in [4.78, 5) is 27.4. The topological polar surface area (TPSA) is 84.6 Å². The van der Waals surface area contributed by atoms with Gasteiger partial charge in [-0.25, -0.2) is 14.6 Å². The summed E-state index contributed by atoms with van der Waals surface area (Å²) in [5, 5.41) is 5.14. The molecule has 2 fully saturated rings. The first-order valence-electron chi connectivity index (χ1n) is 11.9. The first-order chi connectivity index (χ1) is 16.2. The molecule has 170 valence electrons. The number of H-pyrrole nitrogens is 1. The molecule has 33 heavy (non-hydrogen) atoms. The number of likely N-dealkylation sites (tertiary alicyclic amines) is 1. The fraction of sp³-hybridized carbons (Fsp3) is 0.440. The minimum absolute atomic E-state index is 0.0695. The normalized spacial score (nSPS) is 22.0. The number of benzene rings is 1. The maximum absolute atomic E-state index is 12.8. The van der Waals surface area contributed by atoms with E-state index >= 15 is 0 Å². The zero-order valence-corrected chi connectivity index (χ0v) is 18.9. The van der Waals surface area contributed by atoms with Crippen LogP contribution < -0.4 is 5.56 Å². The SMILES string of the molecule is C[C@@H]1CN(Cc2ccc(-n3ccnc3)cc2)C[C@H]1c1nc2c(cnn2C2CCCC2)c(=O)[nH]1. The van der Waals surface area contributed by atoms with E-state index in [9.17, 15) is 4.79 Å². The highest BCUT2D eigenvalue weighted by Crippen LogP contribution is 2.33. The molecule has 2 atom stereocenters. The van der Waals surface area contributed by atoms with Crippen LogP contribution in [0.1, 0.15) is 56.0 Å². The molecule has 4 aromatic rings. The lowest BCUT2D eigenvalue weighted by atomic mass is 9.97. The van der Waals surface area contributed by atoms with Crippen LogP contribution in [-0.2, 0) is 6.54 Å². The second kappa shape index (κ2) is 8.26. The number of hydrogen-bond donors (Lipinski definition) is 1. The second-order valence-electron chi connectivity index (χ2n) is 9.63. The summed E-state index contributed by atoms with van der Waals surface area (Å²) in [6, 6.07) is 8.99. The van der Waals surface area contributed by atoms with E-state index in [1.165, 1.54) is 18.4 Å². The van der Waals surface area contributed by atoms with E-state index in [2.05, 4.69) is 51.2 Å². The van der Waals surface area contributed by atoms with Gasteiger partial charge < -0.3 is 9.55 Å². The van der Waals surface area contributed by atoms with Gasteiger partial charge >= 0.3 is 0 Å². The Morgan fingerprint density at radius 3 is 2.70 bits per heavy atom. The van der Waals surface area contributed by atoms with Gasteiger partial charge in [-0.1, -0.05) is 31.9 Å². The van der Waals surface area contributed by atoms with Crippen molar-refractivity contribution in [2.45, 2.75) is 51.1 Å². The number of rotatable bonds is 5. The molecule has 0 bridgehead atoms. The van der Waals surface area contributed by atoms with Gasteiger partial charge in [0.15, 0.2) is 5.65 Å². The van der Waals surface area contributed by atoms with Crippen LogP contribution in [0.2, 0.25) is 0 Å². The van der Waals surface area contributed by atoms with Gasteiger partial charge in [-0.15, -0.1) is 0 Å². The lowest BCUT2D eigenvalue weighted by Crippen LogP contribution is -2.21. The van der Waals surface area contributed by atoms with Gasteiger partial charge in [0.05, 0.1) is 18.6 Å². The van der Waals surface area contributed by atoms with E-state index in [1.807, 2.05) is 21.8 Å². The van der Waals surface area contributed by atoms with Gasteiger partial charge in [0, 0.05) is 43.6 Å². The number of fused-ring (bicyclic) bond motifs is 1. The molecule has 1 aliphatic heterocycles. The molecule has 2 aliphatic rings. The molecule has 1 N–H and O–H groups in total. The standard InChI is InChI=1S/C25H29N7O/c1-17-13-30(14-18-6-8-19(9-7-18)31-11-10-26-16-31)15-22(17)23-28-24-21(25(33)29-23)12-27-32(24)20-4-2-3-5-20/h6-12,16-17,20,22H,2-5,13-15H2,1H3,(H,28,29,33)/t17-,22-/m1/s1. The Labute approximate surface area is 192 Å². The molecule has 0 radical (unpaired) electrons. The van der Waals surface area contributed by atoms with Crippen LogP contribution >= 0.6 is 0 Å². The van der Waals surface area contributed by atoms with Gasteiger partial charge in [-0.05, 0) is 36.5 Å². The number of nitrogens with one attached hydrogen (secondary N) is 1. The average Bonchev–Trinajstić information content (AvgIpc) is 3.61. The van der Waals surface area contributed by atoms with Crippen molar-refractivity contribution in [2.75, 3.05) is 13.1 Å². The van der Waals surface area contributed by atoms with Gasteiger partial charge in [-0.3, -0.25) is 9.69 Å². The van der Waals surface area contributed by atoms with Gasteiger partial charge in [0.1, 0.15) is 11.2 Å². The van der Waals surface area contributed by atoms with E-state index in [1.54, 1.807) is 12.4 Å². The zero-order chi connectivity index (χ0) is 22.4. The number of aromatic amines is 1. The van der Waals surface area contributed by atoms with Crippen molar-refractivity contribution in [3.8, 4) is 5.69 Å². The molecule has 0 spiro atoms. The monoisotopic (exact) mass is 443 g/mol. The van der Waals surface area contributed by atoms with Crippen LogP contribution in [0, 0.1) is 5.92 Å². The summed E-state index contributed by atoms with van der Waals surface area (Å²) in [6.45, 7) is 5.01. The molecule has 0 amide bonds. The van der Waals surface area contributed by atoms with Crippen molar-refractivity contribution in [2.24, 2.45) is 5.92 Å². The summed E-state index contributed by atoms with van der Waals surface area (Å²) in [6.07, 6.45) is 11.9. The van der Waals surface area contributed by atoms with E-state index in [0.717, 1.165) is 49.6 Å². The lowest BCUT2D eigenvalue weighted by Gasteiger charge is -2.16. The fourth-order valence-electron chi connectivity index (χ4n) is 5.54. The first-order valence-corrected chi connectivity index (χ1v) is 11.9. The maximum atomic E-state index is 12.8. The molecule has 8 nitrogen and oxygen atoms in total. The second-order valence-corrected chi connectivity index (χ2v) is 9.63. The average molecular weight is 444 g/mol. The van der Waals surface area contributed by atoms with Crippen LogP contribution in [0.15, 0.2) is 54.0 Å². The Morgan fingerprint density at radius 2 is 1.94 bits per heavy atom. The molecular weight excluding hydrogens is 414 g/mol. The van der Waals surface area contributed by atoms with Crippen LogP contribution in [0.3, 0.4) is 0 Å². The summed E-state index contributed by atoms with van der Waals surface area (Å²) in [7, 11) is 0. The Morgan fingerprint density at radius 1 is 1.12 bits per heavy atom. The fourth-order valence-corrected chi connectivity index (χ4v) is 5.54. The molecular formula is C25H29N7O. The van der Waals surface area contributed by atoms with Gasteiger partial charge in [-0.2, -0.15) is 5.10 Å². The minimum atomic E-state index is -0.0695. The van der Waals surface area contributed by atoms with Crippen LogP contribution in [0.25, 0.3) is 16.7 Å². The predicted molar refractivity (Wildman–Crippen MR) is 126 cm³/mol. The Kier molecular flexibility index (Phi) is 5.10. The number of imidazole rings is 1. The van der Waals surface area contributed by atoms with Crippen molar-refractivity contribution in [1.29, 1.82) is 0 Å². The molecule has 8 heteroatoms. The number of nitrogens with zero attached hydrogens (tertiary/aromatic N) is 6. The van der Waals surface area contributed by atoms with Crippen LogP contribution in [0.5, 0.6) is 0 Å². The molecule has 1 saturated carbocycles. The van der Waals surface area contributed by atoms with Crippen molar-refractivity contribution >= 4 is 11.0 Å². The predicted octanol–water partition coefficient (Wildman–Crippen LogP) is 3.66. The molecule has 1 saturated heterocycles. The number of aromatic nitrogens is 6. The molecule has 6 rings (SSSR count). The highest BCUT2D eigenvalue weighted by Gasteiger charge is 2.33. The summed E-state index contributed by atoms with van der Waals surface area (Å²) in [5.74, 6) is 1.43. The quantitative estimate of drug-likeness (QED) is 0.509. The summed E-state index contributed by atoms with van der Waals surface area (Å²) >= 11 is 0. The highest BCUT2D eigenvalue weighted by atomic mass is 16.1. The number of hydrogen-bond acceptors (Lipinski definition) is 5. The molecule has 4 heterocycles. The Balaban J connectivity index is 1.21. The van der Waals surface area contributed by atoms with Gasteiger partial charge in [0.25, 0.3) is 5.56 Å². The zero-order valence-electron chi connectivity index (χ0n) is 18.9. The lowest BCUT2D eigenvalue weighted by molar-refractivity contribution is 0.318. The van der Waals surface area contributed by atoms with Crippen LogP contribution in [-0.4, -0.2) is 47.3 Å². The van der Waals surface area contributed by atoms with Crippen molar-refractivity contribution in [3.63, 3.8) is 0 Å². The highest BCUT2D eigenvalue weighted by molar-refractivity contribution is 5.73. The van der Waals surface area contributed by atoms with Gasteiger partial charge in [0.2, 0.25) is 0 Å². The van der Waals surface area contributed by atoms with E-state index in [4.69, 9.17) is 4.98 Å². The largest absolute Gasteiger partial charge is 0.310 e. The van der Waals surface area contributed by atoms with Crippen molar-refractivity contribution in [1.82, 2.24) is 34.2 Å². The van der Waals surface area contributed by atoms with Crippen molar-refractivity contribution in [3.05, 3.63) is 70.9 Å². The molecule has 0 unspecified atom stereocenters. The smallest absolute Gasteiger partial charge is 0.262 e. The van der Waals surface area contributed by atoms with Crippen molar-refractivity contribution < 1.29 is 0 Å². The summed E-state index contributed by atoms with van der Waals surface area (Å²) in [5.41, 5.74) is 3.07. The van der Waals surface area contributed by atoms with Crippen LogP contribution in [0.4, 0.5) is 0 Å². The Hall–Kier alpha value is -3.26. The molecule has 3 aromatic heterocycles. The third-order valence-corrected chi connectivity index (χ3v) is 7.34. The first kappa shape index (κ1) is 20.4. The molecule has 1 aromatic carbocycles. The molecule has 1 aliphatic carbocycles. The third kappa shape index (κ3) is 3.78. The van der Waals surface area contributed by atoms with E-state index in [0.29, 0.717) is 17.3 Å².